The van der Waals surface area contributed by atoms with Crippen molar-refractivity contribution >= 4 is 6.16 Å². The fraction of sp³-hybridized carbons (Fsp3) is 0.800. The molecule has 3 saturated heterocycles. The van der Waals surface area contributed by atoms with E-state index in [4.69, 9.17) is 9.47 Å². The Morgan fingerprint density at radius 3 is 2.74 bits per heavy atom. The van der Waals surface area contributed by atoms with Crippen LogP contribution >= 0.6 is 0 Å². The molecule has 4 nitrogen and oxygen atoms in total. The highest BCUT2D eigenvalue weighted by Crippen LogP contribution is 2.36. The lowest BCUT2D eigenvalue weighted by Gasteiger charge is -2.48. The molecule has 108 valence electrons. The van der Waals surface area contributed by atoms with Crippen molar-refractivity contribution in [1.29, 1.82) is 0 Å². The van der Waals surface area contributed by atoms with Gasteiger partial charge in [0.05, 0.1) is 0 Å². The molecular formula is C15H25NO3. The normalized spacial score (nSPS) is 33.8. The molecule has 4 atom stereocenters. The summed E-state index contributed by atoms with van der Waals surface area (Å²) in [6, 6.07) is 0.350. The van der Waals surface area contributed by atoms with Crippen LogP contribution in [0.4, 0.5) is 4.79 Å². The van der Waals surface area contributed by atoms with E-state index in [2.05, 4.69) is 17.6 Å². The van der Waals surface area contributed by atoms with Crippen molar-refractivity contribution in [1.82, 2.24) is 4.90 Å². The summed E-state index contributed by atoms with van der Waals surface area (Å²) in [6.07, 6.45) is 3.84. The molecule has 3 fully saturated rings. The van der Waals surface area contributed by atoms with Crippen LogP contribution < -0.4 is 0 Å². The standard InChI is InChI=1S/C15H25NO3/c1-5-11-9-16-7-6-12(11)8-13(16)10-18-14(17)19-15(2,3)4/h5,11-13H,1,6-10H2,2-4H3/t11-,12-,13-/m0/s1. The topological polar surface area (TPSA) is 38.8 Å². The molecule has 1 unspecified atom stereocenters. The molecule has 0 spiro atoms. The summed E-state index contributed by atoms with van der Waals surface area (Å²) in [4.78, 5) is 14.0. The molecule has 3 rings (SSSR count). The Morgan fingerprint density at radius 2 is 2.21 bits per heavy atom. The van der Waals surface area contributed by atoms with Gasteiger partial charge in [-0.2, -0.15) is 0 Å². The summed E-state index contributed by atoms with van der Waals surface area (Å²) in [5.41, 5.74) is -0.489. The van der Waals surface area contributed by atoms with Crippen molar-refractivity contribution in [2.75, 3.05) is 19.7 Å². The monoisotopic (exact) mass is 267 g/mol. The Morgan fingerprint density at radius 1 is 1.47 bits per heavy atom. The molecule has 0 aromatic carbocycles. The number of hydrogen-bond acceptors (Lipinski definition) is 4. The fourth-order valence-corrected chi connectivity index (χ4v) is 3.06. The molecule has 3 aliphatic heterocycles. The van der Waals surface area contributed by atoms with Gasteiger partial charge in [0.15, 0.2) is 0 Å². The Bertz CT molecular complexity index is 348. The van der Waals surface area contributed by atoms with Crippen LogP contribution in [0.15, 0.2) is 12.7 Å². The number of carbonyl (C=O) groups excluding carboxylic acids is 1. The lowest BCUT2D eigenvalue weighted by atomic mass is 9.76. The maximum absolute atomic E-state index is 11.5. The van der Waals surface area contributed by atoms with Gasteiger partial charge in [0, 0.05) is 12.6 Å². The van der Waals surface area contributed by atoms with Gasteiger partial charge in [-0.05, 0) is 52.0 Å². The minimum Gasteiger partial charge on any atom is -0.433 e. The van der Waals surface area contributed by atoms with Gasteiger partial charge >= 0.3 is 6.16 Å². The number of piperidine rings is 3. The maximum atomic E-state index is 11.5. The molecule has 0 aromatic rings. The molecule has 3 aliphatic rings. The molecule has 19 heavy (non-hydrogen) atoms. The Labute approximate surface area is 115 Å². The molecular weight excluding hydrogens is 242 g/mol. The van der Waals surface area contributed by atoms with E-state index in [1.807, 2.05) is 20.8 Å². The number of rotatable bonds is 3. The van der Waals surface area contributed by atoms with Crippen LogP contribution in [0, 0.1) is 11.8 Å². The first-order valence-electron chi connectivity index (χ1n) is 7.11. The third-order valence-corrected chi connectivity index (χ3v) is 4.01. The van der Waals surface area contributed by atoms with Gasteiger partial charge in [0.2, 0.25) is 0 Å². The third-order valence-electron chi connectivity index (χ3n) is 4.01. The van der Waals surface area contributed by atoms with E-state index in [0.717, 1.165) is 19.5 Å². The van der Waals surface area contributed by atoms with E-state index in [-0.39, 0.29) is 0 Å². The van der Waals surface area contributed by atoms with Crippen LogP contribution in [0.1, 0.15) is 33.6 Å². The van der Waals surface area contributed by atoms with Crippen molar-refractivity contribution in [3.8, 4) is 0 Å². The highest BCUT2D eigenvalue weighted by atomic mass is 16.7. The smallest absolute Gasteiger partial charge is 0.433 e. The van der Waals surface area contributed by atoms with Crippen molar-refractivity contribution in [2.45, 2.75) is 45.3 Å². The minimum atomic E-state index is -0.560. The molecule has 4 heteroatoms. The van der Waals surface area contributed by atoms with Gasteiger partial charge in [0.25, 0.3) is 0 Å². The van der Waals surface area contributed by atoms with Crippen LogP contribution in [0.2, 0.25) is 0 Å². The number of hydrogen-bond donors (Lipinski definition) is 0. The second-order valence-electron chi connectivity index (χ2n) is 6.61. The van der Waals surface area contributed by atoms with E-state index >= 15 is 0 Å². The molecule has 0 saturated carbocycles. The second-order valence-corrected chi connectivity index (χ2v) is 6.61. The SMILES string of the molecule is C=C[C@H]1CN2CC[C@H]1C[C@H]2COC(=O)OC(C)(C)C. The summed E-state index contributed by atoms with van der Waals surface area (Å²) in [6.45, 7) is 12.0. The highest BCUT2D eigenvalue weighted by Gasteiger charge is 2.39. The van der Waals surface area contributed by atoms with Crippen LogP contribution in [-0.2, 0) is 9.47 Å². The molecule has 0 aliphatic carbocycles. The quantitative estimate of drug-likeness (QED) is 0.582. The zero-order chi connectivity index (χ0) is 14.0. The van der Waals surface area contributed by atoms with Crippen molar-refractivity contribution in [3.05, 3.63) is 12.7 Å². The van der Waals surface area contributed by atoms with Gasteiger partial charge in [-0.1, -0.05) is 6.08 Å². The maximum Gasteiger partial charge on any atom is 0.508 e. The summed E-state index contributed by atoms with van der Waals surface area (Å²) in [5, 5.41) is 0. The predicted octanol–water partition coefficient (Wildman–Crippen LogP) is 2.83. The van der Waals surface area contributed by atoms with Gasteiger partial charge in [-0.25, -0.2) is 4.79 Å². The Kier molecular flexibility index (Phi) is 4.19. The summed E-state index contributed by atoms with van der Waals surface area (Å²) >= 11 is 0. The highest BCUT2D eigenvalue weighted by molar-refractivity contribution is 5.60. The average molecular weight is 267 g/mol. The molecule has 3 heterocycles. The summed E-state index contributed by atoms with van der Waals surface area (Å²) in [7, 11) is 0. The van der Waals surface area contributed by atoms with E-state index in [0.29, 0.717) is 24.5 Å². The zero-order valence-corrected chi connectivity index (χ0v) is 12.2. The first kappa shape index (κ1) is 14.4. The molecule has 0 amide bonds. The lowest BCUT2D eigenvalue weighted by Crippen LogP contribution is -2.54. The van der Waals surface area contributed by atoms with Crippen LogP contribution in [-0.4, -0.2) is 42.4 Å². The minimum absolute atomic E-state index is 0.350. The molecule has 0 radical (unpaired) electrons. The van der Waals surface area contributed by atoms with Gasteiger partial charge < -0.3 is 9.47 Å². The van der Waals surface area contributed by atoms with E-state index in [9.17, 15) is 4.79 Å². The number of nitrogens with zero attached hydrogens (tertiary/aromatic N) is 1. The van der Waals surface area contributed by atoms with Crippen LogP contribution in [0.5, 0.6) is 0 Å². The second kappa shape index (κ2) is 5.53. The number of ether oxygens (including phenoxy) is 2. The van der Waals surface area contributed by atoms with Gasteiger partial charge in [0.1, 0.15) is 12.2 Å². The largest absolute Gasteiger partial charge is 0.508 e. The molecule has 0 aromatic heterocycles. The van der Waals surface area contributed by atoms with Gasteiger partial charge in [-0.15, -0.1) is 6.58 Å². The predicted molar refractivity (Wildman–Crippen MR) is 74.0 cm³/mol. The van der Waals surface area contributed by atoms with E-state index in [1.54, 1.807) is 0 Å². The number of fused-ring (bicyclic) bond motifs is 3. The molecule has 2 bridgehead atoms. The summed E-state index contributed by atoms with van der Waals surface area (Å²) < 4.78 is 10.4. The van der Waals surface area contributed by atoms with Gasteiger partial charge in [-0.3, -0.25) is 4.90 Å². The van der Waals surface area contributed by atoms with Crippen molar-refractivity contribution < 1.29 is 14.3 Å². The third kappa shape index (κ3) is 3.72. The Balaban J connectivity index is 1.79. The van der Waals surface area contributed by atoms with Crippen LogP contribution in [0.3, 0.4) is 0 Å². The van der Waals surface area contributed by atoms with E-state index in [1.165, 1.54) is 6.42 Å². The van der Waals surface area contributed by atoms with Crippen molar-refractivity contribution in [3.63, 3.8) is 0 Å². The summed E-state index contributed by atoms with van der Waals surface area (Å²) in [5.74, 6) is 1.31. The van der Waals surface area contributed by atoms with E-state index < -0.39 is 11.8 Å². The average Bonchev–Trinajstić information content (AvgIpc) is 2.35. The van der Waals surface area contributed by atoms with Crippen molar-refractivity contribution in [2.24, 2.45) is 11.8 Å². The number of carbonyl (C=O) groups is 1. The first-order chi connectivity index (χ1) is 8.89. The van der Waals surface area contributed by atoms with Crippen LogP contribution in [0.25, 0.3) is 0 Å². The fourth-order valence-electron chi connectivity index (χ4n) is 3.06. The lowest BCUT2D eigenvalue weighted by molar-refractivity contribution is -0.0442. The first-order valence-corrected chi connectivity index (χ1v) is 7.11. The zero-order valence-electron chi connectivity index (χ0n) is 12.2. The molecule has 0 N–H and O–H groups in total. The Hall–Kier alpha value is -1.03.